The van der Waals surface area contributed by atoms with Crippen LogP contribution in [0.2, 0.25) is 0 Å². The second kappa shape index (κ2) is 6.86. The van der Waals surface area contributed by atoms with Crippen LogP contribution in [0.1, 0.15) is 31.4 Å². The number of aliphatic imine (C=N–C) groups is 1. The lowest BCUT2D eigenvalue weighted by Gasteiger charge is -2.26. The first-order valence-electron chi connectivity index (χ1n) is 9.46. The van der Waals surface area contributed by atoms with Crippen molar-refractivity contribution in [3.05, 3.63) is 53.6 Å². The largest absolute Gasteiger partial charge is 0.385 e. The number of aliphatic hydroxyl groups excluding tert-OH is 1. The minimum atomic E-state index is -0.407. The number of hydrogen-bond donors (Lipinski definition) is 1. The van der Waals surface area contributed by atoms with Gasteiger partial charge in [-0.1, -0.05) is 30.3 Å². The number of aliphatic hydroxyl groups is 1. The smallest absolute Gasteiger partial charge is 0.134 e. The quantitative estimate of drug-likeness (QED) is 0.912. The van der Waals surface area contributed by atoms with E-state index in [-0.39, 0.29) is 0 Å². The fraction of sp³-hybridized carbons (Fsp3) is 0.409. The Morgan fingerprint density at radius 1 is 1.23 bits per heavy atom. The number of rotatable bonds is 4. The van der Waals surface area contributed by atoms with Crippen LogP contribution in [0.5, 0.6) is 0 Å². The maximum atomic E-state index is 10.1. The van der Waals surface area contributed by atoms with E-state index in [9.17, 15) is 5.11 Å². The maximum Gasteiger partial charge on any atom is 0.134 e. The third-order valence-corrected chi connectivity index (χ3v) is 5.60. The fourth-order valence-electron chi connectivity index (χ4n) is 3.75. The van der Waals surface area contributed by atoms with E-state index >= 15 is 0 Å². The molecule has 0 aliphatic carbocycles. The molecule has 4 nitrogen and oxygen atoms in total. The topological polar surface area (TPSA) is 39.1 Å². The van der Waals surface area contributed by atoms with Crippen LogP contribution >= 0.6 is 0 Å². The van der Waals surface area contributed by atoms with E-state index in [0.29, 0.717) is 6.04 Å². The third kappa shape index (κ3) is 3.15. The number of hydrogen-bond acceptors (Lipinski definition) is 4. The molecule has 2 aliphatic heterocycles. The highest BCUT2D eigenvalue weighted by Crippen LogP contribution is 2.34. The van der Waals surface area contributed by atoms with Gasteiger partial charge in [0, 0.05) is 25.7 Å². The Hall–Kier alpha value is -2.17. The van der Waals surface area contributed by atoms with Crippen molar-refractivity contribution in [2.75, 3.05) is 13.6 Å². The monoisotopic (exact) mass is 349 g/mol. The molecular formula is C22H27N3O. The Kier molecular flexibility index (Phi) is 4.55. The standard InChI is InChI=1S/C22H27N3O/c1-15(2)24(3)13-17-6-4-5-7-19(17)16-8-9-20-18(12-16)14-25-11-10-21(26)22(25)23-20/h4-9,12,15,21,26H,10-11,13-14H2,1-3H3. The van der Waals surface area contributed by atoms with Crippen molar-refractivity contribution in [2.45, 2.75) is 45.5 Å². The zero-order valence-electron chi connectivity index (χ0n) is 15.8. The molecule has 2 aromatic rings. The Morgan fingerprint density at radius 2 is 2.04 bits per heavy atom. The van der Waals surface area contributed by atoms with E-state index in [2.05, 4.69) is 73.2 Å². The summed E-state index contributed by atoms with van der Waals surface area (Å²) in [6.07, 6.45) is 0.375. The summed E-state index contributed by atoms with van der Waals surface area (Å²) in [7, 11) is 2.17. The van der Waals surface area contributed by atoms with Crippen LogP contribution in [0.25, 0.3) is 11.1 Å². The van der Waals surface area contributed by atoms with Gasteiger partial charge in [-0.3, -0.25) is 4.90 Å². The molecule has 0 spiro atoms. The summed E-state index contributed by atoms with van der Waals surface area (Å²) < 4.78 is 0. The molecule has 136 valence electrons. The lowest BCUT2D eigenvalue weighted by Crippen LogP contribution is -2.31. The molecule has 0 saturated carbocycles. The summed E-state index contributed by atoms with van der Waals surface area (Å²) in [5.41, 5.74) is 6.12. The molecule has 1 atom stereocenters. The van der Waals surface area contributed by atoms with Crippen molar-refractivity contribution >= 4 is 11.5 Å². The second-order valence-corrected chi connectivity index (χ2v) is 7.71. The van der Waals surface area contributed by atoms with E-state index in [0.717, 1.165) is 37.6 Å². The predicted octanol–water partition coefficient (Wildman–Crippen LogP) is 3.80. The molecule has 1 fully saturated rings. The van der Waals surface area contributed by atoms with Gasteiger partial charge in [-0.15, -0.1) is 0 Å². The second-order valence-electron chi connectivity index (χ2n) is 7.71. The first kappa shape index (κ1) is 17.3. The Bertz CT molecular complexity index is 843. The van der Waals surface area contributed by atoms with Gasteiger partial charge in [0.15, 0.2) is 0 Å². The zero-order valence-corrected chi connectivity index (χ0v) is 15.8. The van der Waals surface area contributed by atoms with Crippen LogP contribution < -0.4 is 0 Å². The number of nitrogens with zero attached hydrogens (tertiary/aromatic N) is 3. The van der Waals surface area contributed by atoms with Gasteiger partial charge < -0.3 is 10.0 Å². The number of amidine groups is 1. The third-order valence-electron chi connectivity index (χ3n) is 5.60. The molecule has 0 radical (unpaired) electrons. The van der Waals surface area contributed by atoms with E-state index in [1.165, 1.54) is 22.3 Å². The Labute approximate surface area is 155 Å². The molecular weight excluding hydrogens is 322 g/mol. The maximum absolute atomic E-state index is 10.1. The summed E-state index contributed by atoms with van der Waals surface area (Å²) in [6, 6.07) is 15.7. The Balaban J connectivity index is 1.68. The molecule has 2 aromatic carbocycles. The summed E-state index contributed by atoms with van der Waals surface area (Å²) in [5.74, 6) is 0.837. The molecule has 2 aliphatic rings. The van der Waals surface area contributed by atoms with Crippen molar-refractivity contribution in [3.8, 4) is 11.1 Å². The first-order valence-corrected chi connectivity index (χ1v) is 9.46. The normalized spacial score (nSPS) is 18.9. The van der Waals surface area contributed by atoms with Gasteiger partial charge in [-0.2, -0.15) is 0 Å². The summed E-state index contributed by atoms with van der Waals surface area (Å²) in [6.45, 7) is 7.11. The molecule has 0 aromatic heterocycles. The molecule has 1 N–H and O–H groups in total. The van der Waals surface area contributed by atoms with Crippen molar-refractivity contribution in [3.63, 3.8) is 0 Å². The van der Waals surface area contributed by atoms with Crippen molar-refractivity contribution < 1.29 is 5.11 Å². The van der Waals surface area contributed by atoms with Crippen molar-refractivity contribution in [2.24, 2.45) is 4.99 Å². The fourth-order valence-corrected chi connectivity index (χ4v) is 3.75. The van der Waals surface area contributed by atoms with Crippen LogP contribution in [-0.2, 0) is 13.1 Å². The average molecular weight is 349 g/mol. The summed E-state index contributed by atoms with van der Waals surface area (Å²) in [4.78, 5) is 9.27. The minimum absolute atomic E-state index is 0.407. The Morgan fingerprint density at radius 3 is 2.85 bits per heavy atom. The molecule has 2 heterocycles. The van der Waals surface area contributed by atoms with Crippen LogP contribution in [-0.4, -0.2) is 46.5 Å². The lowest BCUT2D eigenvalue weighted by atomic mass is 9.96. The predicted molar refractivity (Wildman–Crippen MR) is 107 cm³/mol. The minimum Gasteiger partial charge on any atom is -0.385 e. The molecule has 0 amide bonds. The van der Waals surface area contributed by atoms with Gasteiger partial charge in [-0.25, -0.2) is 4.99 Å². The van der Waals surface area contributed by atoms with Crippen LogP contribution in [0.4, 0.5) is 5.69 Å². The van der Waals surface area contributed by atoms with E-state index in [1.54, 1.807) is 0 Å². The van der Waals surface area contributed by atoms with Crippen LogP contribution in [0.3, 0.4) is 0 Å². The van der Waals surface area contributed by atoms with Gasteiger partial charge in [0.25, 0.3) is 0 Å². The van der Waals surface area contributed by atoms with Gasteiger partial charge in [0.05, 0.1) is 5.69 Å². The molecule has 1 unspecified atom stereocenters. The first-order chi connectivity index (χ1) is 12.5. The molecule has 26 heavy (non-hydrogen) atoms. The number of fused-ring (bicyclic) bond motifs is 2. The van der Waals surface area contributed by atoms with E-state index < -0.39 is 6.10 Å². The summed E-state index contributed by atoms with van der Waals surface area (Å²) >= 11 is 0. The molecule has 0 bridgehead atoms. The zero-order chi connectivity index (χ0) is 18.3. The highest BCUT2D eigenvalue weighted by molar-refractivity contribution is 5.92. The average Bonchev–Trinajstić information content (AvgIpc) is 3.00. The lowest BCUT2D eigenvalue weighted by molar-refractivity contribution is 0.245. The summed E-state index contributed by atoms with van der Waals surface area (Å²) in [5, 5.41) is 10.1. The van der Waals surface area contributed by atoms with Gasteiger partial charge in [-0.05, 0) is 61.7 Å². The van der Waals surface area contributed by atoms with Crippen molar-refractivity contribution in [1.82, 2.24) is 9.80 Å². The highest BCUT2D eigenvalue weighted by Gasteiger charge is 2.31. The van der Waals surface area contributed by atoms with E-state index in [1.807, 2.05) is 0 Å². The van der Waals surface area contributed by atoms with Gasteiger partial charge >= 0.3 is 0 Å². The van der Waals surface area contributed by atoms with Crippen LogP contribution in [0.15, 0.2) is 47.5 Å². The van der Waals surface area contributed by atoms with Crippen LogP contribution in [0, 0.1) is 0 Å². The number of benzene rings is 2. The highest BCUT2D eigenvalue weighted by atomic mass is 16.3. The van der Waals surface area contributed by atoms with E-state index in [4.69, 9.17) is 4.99 Å². The van der Waals surface area contributed by atoms with Gasteiger partial charge in [0.1, 0.15) is 11.9 Å². The molecule has 4 rings (SSSR count). The molecule has 4 heteroatoms. The van der Waals surface area contributed by atoms with Gasteiger partial charge in [0.2, 0.25) is 0 Å². The molecule has 1 saturated heterocycles. The van der Waals surface area contributed by atoms with Crippen molar-refractivity contribution in [1.29, 1.82) is 0 Å². The SMILES string of the molecule is CC(C)N(C)Cc1ccccc1-c1ccc2c(c1)CN1CCC(O)C1=N2.